The van der Waals surface area contributed by atoms with Gasteiger partial charge in [-0.05, 0) is 41.1 Å². The molecule has 2 nitrogen and oxygen atoms in total. The Morgan fingerprint density at radius 3 is 2.72 bits per heavy atom. The maximum absolute atomic E-state index is 6.20. The van der Waals surface area contributed by atoms with E-state index in [0.717, 1.165) is 32.1 Å². The molecule has 0 N–H and O–H groups in total. The summed E-state index contributed by atoms with van der Waals surface area (Å²) in [7, 11) is 0. The van der Waals surface area contributed by atoms with Gasteiger partial charge >= 0.3 is 0 Å². The van der Waals surface area contributed by atoms with Gasteiger partial charge in [0.2, 0.25) is 0 Å². The van der Waals surface area contributed by atoms with Gasteiger partial charge in [-0.1, -0.05) is 29.8 Å². The molecule has 2 aromatic heterocycles. The first-order valence-corrected chi connectivity index (χ1v) is 6.73. The molecule has 2 heterocycles. The summed E-state index contributed by atoms with van der Waals surface area (Å²) in [6.07, 6.45) is 2.01. The summed E-state index contributed by atoms with van der Waals surface area (Å²) in [5.41, 5.74) is 3.89. The van der Waals surface area contributed by atoms with E-state index in [9.17, 15) is 0 Å². The van der Waals surface area contributed by atoms with Gasteiger partial charge in [0.1, 0.15) is 5.65 Å². The van der Waals surface area contributed by atoms with Crippen LogP contribution in [0.4, 0.5) is 0 Å². The molecule has 3 aromatic rings. The van der Waals surface area contributed by atoms with Crippen LogP contribution in [0.3, 0.4) is 0 Å². The van der Waals surface area contributed by atoms with Gasteiger partial charge < -0.3 is 4.40 Å². The first-order chi connectivity index (χ1) is 8.66. The first-order valence-electron chi connectivity index (χ1n) is 5.56. The van der Waals surface area contributed by atoms with Gasteiger partial charge in [-0.3, -0.25) is 0 Å². The van der Waals surface area contributed by atoms with Crippen LogP contribution in [0.15, 0.2) is 47.1 Å². The number of imidazole rings is 1. The monoisotopic (exact) mass is 320 g/mol. The Labute approximate surface area is 118 Å². The molecule has 0 unspecified atom stereocenters. The Morgan fingerprint density at radius 1 is 1.17 bits per heavy atom. The lowest BCUT2D eigenvalue weighted by atomic mass is 10.2. The Bertz CT molecular complexity index is 734. The van der Waals surface area contributed by atoms with Crippen molar-refractivity contribution in [2.75, 3.05) is 0 Å². The van der Waals surface area contributed by atoms with Gasteiger partial charge in [0.25, 0.3) is 0 Å². The number of hydrogen-bond acceptors (Lipinski definition) is 1. The fourth-order valence-electron chi connectivity index (χ4n) is 1.96. The second-order valence-electron chi connectivity index (χ2n) is 4.10. The van der Waals surface area contributed by atoms with Gasteiger partial charge in [-0.15, -0.1) is 0 Å². The van der Waals surface area contributed by atoms with Crippen LogP contribution in [-0.2, 0) is 0 Å². The zero-order valence-corrected chi connectivity index (χ0v) is 12.0. The van der Waals surface area contributed by atoms with Crippen molar-refractivity contribution in [2.45, 2.75) is 6.92 Å². The van der Waals surface area contributed by atoms with E-state index >= 15 is 0 Å². The van der Waals surface area contributed by atoms with Crippen LogP contribution in [-0.4, -0.2) is 9.38 Å². The zero-order chi connectivity index (χ0) is 12.7. The standard InChI is InChI=1S/C14H10BrClN2/c1-9-11(15)6-7-14-17-13(8-18(9)14)10-4-2-3-5-12(10)16/h2-8H,1H3. The van der Waals surface area contributed by atoms with Gasteiger partial charge in [0, 0.05) is 21.9 Å². The first kappa shape index (κ1) is 11.8. The Morgan fingerprint density at radius 2 is 1.94 bits per heavy atom. The average molecular weight is 322 g/mol. The van der Waals surface area contributed by atoms with Crippen LogP contribution in [0, 0.1) is 6.92 Å². The second kappa shape index (κ2) is 4.41. The number of benzene rings is 1. The van der Waals surface area contributed by atoms with Crippen molar-refractivity contribution in [1.82, 2.24) is 9.38 Å². The van der Waals surface area contributed by atoms with Crippen molar-refractivity contribution >= 4 is 33.2 Å². The quantitative estimate of drug-likeness (QED) is 0.633. The average Bonchev–Trinajstić information content (AvgIpc) is 2.79. The van der Waals surface area contributed by atoms with Crippen LogP contribution in [0.1, 0.15) is 5.69 Å². The predicted molar refractivity (Wildman–Crippen MR) is 78.1 cm³/mol. The van der Waals surface area contributed by atoms with Crippen LogP contribution in [0.5, 0.6) is 0 Å². The number of aromatic nitrogens is 2. The van der Waals surface area contributed by atoms with Gasteiger partial charge in [0.15, 0.2) is 0 Å². The number of fused-ring (bicyclic) bond motifs is 1. The highest BCUT2D eigenvalue weighted by Gasteiger charge is 2.09. The van der Waals surface area contributed by atoms with Crippen LogP contribution < -0.4 is 0 Å². The van der Waals surface area contributed by atoms with E-state index < -0.39 is 0 Å². The van der Waals surface area contributed by atoms with Gasteiger partial charge in [-0.2, -0.15) is 0 Å². The number of nitrogens with zero attached hydrogens (tertiary/aromatic N) is 2. The number of rotatable bonds is 1. The molecule has 90 valence electrons. The Balaban J connectivity index is 2.26. The summed E-state index contributed by atoms with van der Waals surface area (Å²) in [4.78, 5) is 4.60. The SMILES string of the molecule is Cc1c(Br)ccc2nc(-c3ccccc3Cl)cn12. The lowest BCUT2D eigenvalue weighted by molar-refractivity contribution is 1.08. The predicted octanol–water partition coefficient (Wildman–Crippen LogP) is 4.73. The summed E-state index contributed by atoms with van der Waals surface area (Å²) in [5.74, 6) is 0. The Hall–Kier alpha value is -1.32. The van der Waals surface area contributed by atoms with Crippen molar-refractivity contribution in [1.29, 1.82) is 0 Å². The van der Waals surface area contributed by atoms with Crippen molar-refractivity contribution in [3.8, 4) is 11.3 Å². The van der Waals surface area contributed by atoms with E-state index in [2.05, 4.69) is 32.2 Å². The normalized spacial score (nSPS) is 11.1. The third-order valence-electron chi connectivity index (χ3n) is 2.97. The maximum atomic E-state index is 6.20. The summed E-state index contributed by atoms with van der Waals surface area (Å²) < 4.78 is 3.13. The van der Waals surface area contributed by atoms with Crippen LogP contribution in [0.2, 0.25) is 5.02 Å². The molecule has 18 heavy (non-hydrogen) atoms. The highest BCUT2D eigenvalue weighted by Crippen LogP contribution is 2.28. The topological polar surface area (TPSA) is 17.3 Å². The largest absolute Gasteiger partial charge is 0.303 e. The summed E-state index contributed by atoms with van der Waals surface area (Å²) in [6, 6.07) is 11.7. The van der Waals surface area contributed by atoms with Crippen molar-refractivity contribution in [3.63, 3.8) is 0 Å². The van der Waals surface area contributed by atoms with E-state index in [0.29, 0.717) is 0 Å². The molecule has 0 fully saturated rings. The molecule has 0 bridgehead atoms. The van der Waals surface area contributed by atoms with Crippen molar-refractivity contribution < 1.29 is 0 Å². The van der Waals surface area contributed by atoms with E-state index in [1.807, 2.05) is 42.6 Å². The summed E-state index contributed by atoms with van der Waals surface area (Å²) in [5, 5.41) is 0.720. The van der Waals surface area contributed by atoms with E-state index in [1.165, 1.54) is 0 Å². The molecule has 1 aromatic carbocycles. The molecule has 0 saturated carbocycles. The van der Waals surface area contributed by atoms with Crippen LogP contribution in [0.25, 0.3) is 16.9 Å². The molecular formula is C14H10BrClN2. The summed E-state index contributed by atoms with van der Waals surface area (Å²) in [6.45, 7) is 2.05. The van der Waals surface area contributed by atoms with Crippen LogP contribution >= 0.6 is 27.5 Å². The molecule has 0 saturated heterocycles. The smallest absolute Gasteiger partial charge is 0.137 e. The third-order valence-corrected chi connectivity index (χ3v) is 4.14. The minimum atomic E-state index is 0.720. The second-order valence-corrected chi connectivity index (χ2v) is 5.36. The molecule has 0 amide bonds. The minimum absolute atomic E-state index is 0.720. The van der Waals surface area contributed by atoms with Crippen molar-refractivity contribution in [2.24, 2.45) is 0 Å². The molecule has 0 atom stereocenters. The Kier molecular flexibility index (Phi) is 2.88. The number of aryl methyl sites for hydroxylation is 1. The fraction of sp³-hybridized carbons (Fsp3) is 0.0714. The molecule has 3 rings (SSSR count). The lowest BCUT2D eigenvalue weighted by Crippen LogP contribution is -1.89. The summed E-state index contributed by atoms with van der Waals surface area (Å²) >= 11 is 9.72. The van der Waals surface area contributed by atoms with Crippen molar-refractivity contribution in [3.05, 3.63) is 57.8 Å². The van der Waals surface area contributed by atoms with E-state index in [4.69, 9.17) is 11.6 Å². The minimum Gasteiger partial charge on any atom is -0.303 e. The van der Waals surface area contributed by atoms with Gasteiger partial charge in [-0.25, -0.2) is 4.98 Å². The third kappa shape index (κ3) is 1.84. The highest BCUT2D eigenvalue weighted by atomic mass is 79.9. The molecule has 0 aliphatic heterocycles. The number of hydrogen-bond donors (Lipinski definition) is 0. The van der Waals surface area contributed by atoms with E-state index in [-0.39, 0.29) is 0 Å². The fourth-order valence-corrected chi connectivity index (χ4v) is 2.52. The molecule has 0 radical (unpaired) electrons. The maximum Gasteiger partial charge on any atom is 0.137 e. The lowest BCUT2D eigenvalue weighted by Gasteiger charge is -2.00. The molecule has 0 aliphatic carbocycles. The van der Waals surface area contributed by atoms with Gasteiger partial charge in [0.05, 0.1) is 10.7 Å². The molecule has 4 heteroatoms. The molecule has 0 aliphatic rings. The highest BCUT2D eigenvalue weighted by molar-refractivity contribution is 9.10. The van der Waals surface area contributed by atoms with E-state index in [1.54, 1.807) is 0 Å². The molecular weight excluding hydrogens is 312 g/mol. The zero-order valence-electron chi connectivity index (χ0n) is 9.69. The molecule has 0 spiro atoms. The number of halogens is 2. The number of pyridine rings is 1.